The van der Waals surface area contributed by atoms with Gasteiger partial charge in [-0.3, -0.25) is 9.58 Å². The average molecular weight is 459 g/mol. The Morgan fingerprint density at radius 1 is 0.941 bits per heavy atom. The summed E-state index contributed by atoms with van der Waals surface area (Å²) in [6.07, 6.45) is 8.09. The molecule has 0 atom stereocenters. The van der Waals surface area contributed by atoms with Crippen molar-refractivity contribution in [2.24, 2.45) is 7.05 Å². The molecular weight excluding hydrogens is 428 g/mol. The predicted molar refractivity (Wildman–Crippen MR) is 133 cm³/mol. The number of hydrogen-bond acceptors (Lipinski definition) is 7. The molecule has 0 bridgehead atoms. The molecule has 2 fully saturated rings. The van der Waals surface area contributed by atoms with Crippen LogP contribution in [-0.4, -0.2) is 74.7 Å². The largest absolute Gasteiger partial charge is 0.379 e. The van der Waals surface area contributed by atoms with Gasteiger partial charge >= 0.3 is 0 Å². The minimum Gasteiger partial charge on any atom is -0.379 e. The van der Waals surface area contributed by atoms with Gasteiger partial charge in [0.05, 0.1) is 36.8 Å². The number of anilines is 3. The fourth-order valence-corrected chi connectivity index (χ4v) is 5.05. The summed E-state index contributed by atoms with van der Waals surface area (Å²) in [6.45, 7) is 6.09. The second-order valence-electron chi connectivity index (χ2n) is 9.08. The quantitative estimate of drug-likeness (QED) is 0.492. The second kappa shape index (κ2) is 9.08. The highest BCUT2D eigenvalue weighted by atomic mass is 16.5. The zero-order valence-electron chi connectivity index (χ0n) is 19.5. The molecule has 0 spiro atoms. The fraction of sp³-hybridized carbons (Fsp3) is 0.400. The molecule has 9 nitrogen and oxygen atoms in total. The zero-order valence-corrected chi connectivity index (χ0v) is 19.5. The van der Waals surface area contributed by atoms with Crippen molar-refractivity contribution in [3.63, 3.8) is 0 Å². The van der Waals surface area contributed by atoms with E-state index in [0.29, 0.717) is 12.0 Å². The Bertz CT molecular complexity index is 1250. The molecule has 1 aromatic carbocycles. The summed E-state index contributed by atoms with van der Waals surface area (Å²) in [4.78, 5) is 9.59. The van der Waals surface area contributed by atoms with Crippen molar-refractivity contribution in [3.05, 3.63) is 55.0 Å². The summed E-state index contributed by atoms with van der Waals surface area (Å²) >= 11 is 0. The number of piperidine rings is 1. The molecule has 0 unspecified atom stereocenters. The van der Waals surface area contributed by atoms with Gasteiger partial charge in [0, 0.05) is 62.4 Å². The first-order valence-corrected chi connectivity index (χ1v) is 12.0. The predicted octanol–water partition coefficient (Wildman–Crippen LogP) is 3.17. The van der Waals surface area contributed by atoms with E-state index in [1.165, 1.54) is 18.5 Å². The van der Waals surface area contributed by atoms with Gasteiger partial charge < -0.3 is 15.0 Å². The van der Waals surface area contributed by atoms with Crippen molar-refractivity contribution in [2.75, 3.05) is 49.6 Å². The van der Waals surface area contributed by atoms with Crippen LogP contribution in [0.4, 0.5) is 17.3 Å². The molecule has 0 aliphatic carbocycles. The third kappa shape index (κ3) is 4.24. The maximum atomic E-state index is 5.51. The Kier molecular flexibility index (Phi) is 5.64. The standard InChI is InChI=1S/C25H30N8O/c1-30-18-19(16-27-30)24-7-6-23-17-26-25(29-33(23)24)28-20-2-4-21(5-3-20)31-10-8-22(9-11-31)32-12-14-34-15-13-32/h2-7,16-18,22H,8-15H2,1H3,(H,28,29). The van der Waals surface area contributed by atoms with Crippen LogP contribution in [0.5, 0.6) is 0 Å². The highest BCUT2D eigenvalue weighted by Crippen LogP contribution is 2.26. The van der Waals surface area contributed by atoms with Gasteiger partial charge in [-0.15, -0.1) is 5.10 Å². The number of aromatic nitrogens is 5. The minimum atomic E-state index is 0.563. The Labute approximate surface area is 198 Å². The minimum absolute atomic E-state index is 0.563. The lowest BCUT2D eigenvalue weighted by atomic mass is 10.0. The van der Waals surface area contributed by atoms with Gasteiger partial charge in [0.15, 0.2) is 0 Å². The Morgan fingerprint density at radius 2 is 1.74 bits per heavy atom. The van der Waals surface area contributed by atoms with Crippen molar-refractivity contribution < 1.29 is 4.74 Å². The van der Waals surface area contributed by atoms with Crippen LogP contribution in [0.3, 0.4) is 0 Å². The topological polar surface area (TPSA) is 75.8 Å². The fourth-order valence-electron chi connectivity index (χ4n) is 5.05. The van der Waals surface area contributed by atoms with E-state index >= 15 is 0 Å². The number of nitrogens with one attached hydrogen (secondary N) is 1. The molecule has 3 aromatic heterocycles. The van der Waals surface area contributed by atoms with Crippen LogP contribution in [0.25, 0.3) is 16.8 Å². The van der Waals surface area contributed by atoms with Crippen molar-refractivity contribution in [1.29, 1.82) is 0 Å². The number of benzene rings is 1. The van der Waals surface area contributed by atoms with Crippen LogP contribution in [0, 0.1) is 0 Å². The first-order valence-electron chi connectivity index (χ1n) is 12.0. The van der Waals surface area contributed by atoms with Crippen molar-refractivity contribution in [2.45, 2.75) is 18.9 Å². The molecule has 2 aliphatic heterocycles. The van der Waals surface area contributed by atoms with Crippen molar-refractivity contribution in [3.8, 4) is 11.3 Å². The van der Waals surface area contributed by atoms with Crippen LogP contribution >= 0.6 is 0 Å². The van der Waals surface area contributed by atoms with Crippen molar-refractivity contribution in [1.82, 2.24) is 29.3 Å². The Morgan fingerprint density at radius 3 is 2.47 bits per heavy atom. The molecule has 1 N–H and O–H groups in total. The van der Waals surface area contributed by atoms with Gasteiger partial charge in [0.2, 0.25) is 5.95 Å². The van der Waals surface area contributed by atoms with Gasteiger partial charge in [-0.25, -0.2) is 9.50 Å². The third-order valence-corrected chi connectivity index (χ3v) is 6.91. The summed E-state index contributed by atoms with van der Waals surface area (Å²) in [5.41, 5.74) is 5.20. The second-order valence-corrected chi connectivity index (χ2v) is 9.08. The molecule has 34 heavy (non-hydrogen) atoms. The van der Waals surface area contributed by atoms with E-state index in [0.717, 1.165) is 61.9 Å². The van der Waals surface area contributed by atoms with Crippen LogP contribution in [0.15, 0.2) is 55.0 Å². The maximum absolute atomic E-state index is 5.51. The van der Waals surface area contributed by atoms with E-state index in [1.807, 2.05) is 42.3 Å². The molecule has 4 aromatic rings. The Hall–Kier alpha value is -3.43. The van der Waals surface area contributed by atoms with E-state index in [4.69, 9.17) is 9.84 Å². The molecule has 0 saturated carbocycles. The molecule has 9 heteroatoms. The SMILES string of the molecule is Cn1cc(-c2ccc3cnc(Nc4ccc(N5CCC(N6CCOCC6)CC5)cc4)nn23)cn1. The number of morpholine rings is 1. The maximum Gasteiger partial charge on any atom is 0.245 e. The van der Waals surface area contributed by atoms with E-state index < -0.39 is 0 Å². The first kappa shape index (κ1) is 21.1. The normalized spacial score (nSPS) is 18.0. The molecular formula is C25H30N8O. The first-order chi connectivity index (χ1) is 16.7. The summed E-state index contributed by atoms with van der Waals surface area (Å²) in [5, 5.41) is 12.3. The summed E-state index contributed by atoms with van der Waals surface area (Å²) in [6, 6.07) is 13.3. The van der Waals surface area contributed by atoms with Crippen LogP contribution in [0.1, 0.15) is 12.8 Å². The number of nitrogens with zero attached hydrogens (tertiary/aromatic N) is 7. The molecule has 6 rings (SSSR count). The third-order valence-electron chi connectivity index (χ3n) is 6.91. The molecule has 2 saturated heterocycles. The lowest BCUT2D eigenvalue weighted by Crippen LogP contribution is -2.49. The van der Waals surface area contributed by atoms with Crippen LogP contribution < -0.4 is 10.2 Å². The Balaban J connectivity index is 1.12. The summed E-state index contributed by atoms with van der Waals surface area (Å²) in [5.74, 6) is 0.563. The lowest BCUT2D eigenvalue weighted by molar-refractivity contribution is 0.0115. The van der Waals surface area contributed by atoms with Gasteiger partial charge in [0.25, 0.3) is 0 Å². The molecule has 5 heterocycles. The van der Waals surface area contributed by atoms with E-state index in [9.17, 15) is 0 Å². The van der Waals surface area contributed by atoms with Crippen molar-refractivity contribution >= 4 is 22.8 Å². The molecule has 0 radical (unpaired) electrons. The lowest BCUT2D eigenvalue weighted by Gasteiger charge is -2.40. The van der Waals surface area contributed by atoms with E-state index in [-0.39, 0.29) is 0 Å². The van der Waals surface area contributed by atoms with Gasteiger partial charge in [-0.05, 0) is 49.2 Å². The van der Waals surface area contributed by atoms with Gasteiger partial charge in [-0.2, -0.15) is 5.10 Å². The zero-order chi connectivity index (χ0) is 22.9. The monoisotopic (exact) mass is 458 g/mol. The molecule has 2 aliphatic rings. The molecule has 176 valence electrons. The van der Waals surface area contributed by atoms with E-state index in [2.05, 4.69) is 49.5 Å². The highest BCUT2D eigenvalue weighted by molar-refractivity contribution is 5.66. The number of ether oxygens (including phenoxy) is 1. The van der Waals surface area contributed by atoms with Gasteiger partial charge in [-0.1, -0.05) is 0 Å². The molecule has 0 amide bonds. The number of hydrogen-bond donors (Lipinski definition) is 1. The highest BCUT2D eigenvalue weighted by Gasteiger charge is 2.25. The van der Waals surface area contributed by atoms with Gasteiger partial charge in [0.1, 0.15) is 0 Å². The van der Waals surface area contributed by atoms with Crippen LogP contribution in [0.2, 0.25) is 0 Å². The smallest absolute Gasteiger partial charge is 0.245 e. The number of aryl methyl sites for hydroxylation is 1. The summed E-state index contributed by atoms with van der Waals surface area (Å²) in [7, 11) is 1.91. The summed E-state index contributed by atoms with van der Waals surface area (Å²) < 4.78 is 9.20. The van der Waals surface area contributed by atoms with Crippen LogP contribution in [-0.2, 0) is 11.8 Å². The number of fused-ring (bicyclic) bond motifs is 1. The number of rotatable bonds is 5. The average Bonchev–Trinajstić information content (AvgIpc) is 3.51. The van der Waals surface area contributed by atoms with E-state index in [1.54, 1.807) is 4.68 Å².